The van der Waals surface area contributed by atoms with Gasteiger partial charge in [-0.25, -0.2) is 0 Å². The van der Waals surface area contributed by atoms with Gasteiger partial charge >= 0.3 is 0 Å². The van der Waals surface area contributed by atoms with Crippen molar-refractivity contribution in [3.05, 3.63) is 104 Å². The number of fused-ring (bicyclic) bond motifs is 3. The van der Waals surface area contributed by atoms with Crippen LogP contribution in [-0.4, -0.2) is 9.49 Å². The maximum absolute atomic E-state index is 11.7. The molecule has 1 heterocycles. The summed E-state index contributed by atoms with van der Waals surface area (Å²) in [5, 5.41) is 14.1. The van der Waals surface area contributed by atoms with Gasteiger partial charge in [0.15, 0.2) is 0 Å². The largest absolute Gasteiger partial charge is 0.309 e. The molecule has 0 saturated carbocycles. The summed E-state index contributed by atoms with van der Waals surface area (Å²) in [6, 6.07) is 27.3. The lowest BCUT2D eigenvalue weighted by Crippen LogP contribution is -1.96. The highest BCUT2D eigenvalue weighted by Gasteiger charge is 2.22. The van der Waals surface area contributed by atoms with Gasteiger partial charge in [0, 0.05) is 31.7 Å². The van der Waals surface area contributed by atoms with E-state index in [4.69, 9.17) is 11.6 Å². The molecule has 0 aliphatic rings. The molecule has 0 amide bonds. The molecule has 0 atom stereocenters. The van der Waals surface area contributed by atoms with E-state index in [2.05, 4.69) is 57.5 Å². The summed E-state index contributed by atoms with van der Waals surface area (Å²) in [6.45, 7) is 0. The van der Waals surface area contributed by atoms with Gasteiger partial charge in [-0.15, -0.1) is 0 Å². The summed E-state index contributed by atoms with van der Waals surface area (Å²) < 4.78 is 3.12. The molecule has 0 bridgehead atoms. The third kappa shape index (κ3) is 2.97. The van der Waals surface area contributed by atoms with E-state index in [9.17, 15) is 10.1 Å². The molecule has 0 fully saturated rings. The Morgan fingerprint density at radius 2 is 1.57 bits per heavy atom. The van der Waals surface area contributed by atoms with Gasteiger partial charge in [0.25, 0.3) is 5.69 Å². The quantitative estimate of drug-likeness (QED) is 0.138. The van der Waals surface area contributed by atoms with Gasteiger partial charge in [0.2, 0.25) is 0 Å². The monoisotopic (exact) mass is 524 g/mol. The van der Waals surface area contributed by atoms with Crippen molar-refractivity contribution in [2.24, 2.45) is 0 Å². The van der Waals surface area contributed by atoms with Gasteiger partial charge < -0.3 is 4.57 Å². The lowest BCUT2D eigenvalue weighted by atomic mass is 10.0. The first-order chi connectivity index (χ1) is 14.6. The summed E-state index contributed by atoms with van der Waals surface area (Å²) in [4.78, 5) is 11.3. The van der Waals surface area contributed by atoms with E-state index in [1.807, 2.05) is 36.4 Å². The maximum atomic E-state index is 11.7. The highest BCUT2D eigenvalue weighted by Crippen LogP contribution is 2.42. The van der Waals surface area contributed by atoms with Crippen LogP contribution in [0.3, 0.4) is 0 Å². The maximum Gasteiger partial charge on any atom is 0.278 e. The SMILES string of the molecule is O=[N+]([O-])c1cccc(Cl)c1-c1cc2c3ccccc3n(-c3ccccc3)c2cc1I. The van der Waals surface area contributed by atoms with Crippen LogP contribution in [0, 0.1) is 13.7 Å². The Hall–Kier alpha value is -2.90. The number of para-hydroxylation sites is 2. The van der Waals surface area contributed by atoms with E-state index in [1.54, 1.807) is 12.1 Å². The average Bonchev–Trinajstić information content (AvgIpc) is 3.07. The molecule has 0 aliphatic carbocycles. The van der Waals surface area contributed by atoms with Gasteiger partial charge in [-0.05, 0) is 59.0 Å². The van der Waals surface area contributed by atoms with Crippen LogP contribution in [-0.2, 0) is 0 Å². The van der Waals surface area contributed by atoms with Crippen molar-refractivity contribution in [2.45, 2.75) is 0 Å². The predicted molar refractivity (Wildman–Crippen MR) is 131 cm³/mol. The van der Waals surface area contributed by atoms with E-state index < -0.39 is 0 Å². The molecule has 146 valence electrons. The fourth-order valence-corrected chi connectivity index (χ4v) is 4.96. The molecule has 4 nitrogen and oxygen atoms in total. The van der Waals surface area contributed by atoms with Crippen molar-refractivity contribution < 1.29 is 4.92 Å². The number of halogens is 2. The van der Waals surface area contributed by atoms with Crippen LogP contribution in [0.5, 0.6) is 0 Å². The second-order valence-corrected chi connectivity index (χ2v) is 8.50. The van der Waals surface area contributed by atoms with Gasteiger partial charge in [-0.1, -0.05) is 54.1 Å². The molecule has 1 aromatic heterocycles. The topological polar surface area (TPSA) is 48.1 Å². The Morgan fingerprint density at radius 3 is 2.33 bits per heavy atom. The predicted octanol–water partition coefficient (Wildman–Crippen LogP) is 7.62. The first kappa shape index (κ1) is 19.1. The number of rotatable bonds is 3. The standard InChI is InChI=1S/C24H14ClIN2O2/c25-19-10-6-12-22(28(29)30)24(19)18-13-17-16-9-4-5-11-21(16)27(23(17)14-20(18)26)15-7-2-1-3-8-15/h1-14H. The molecule has 0 saturated heterocycles. The molecule has 30 heavy (non-hydrogen) atoms. The van der Waals surface area contributed by atoms with E-state index in [-0.39, 0.29) is 10.6 Å². The minimum atomic E-state index is -0.380. The Morgan fingerprint density at radius 1 is 0.833 bits per heavy atom. The Balaban J connectivity index is 1.90. The summed E-state index contributed by atoms with van der Waals surface area (Å²) in [5.74, 6) is 0. The van der Waals surface area contributed by atoms with Crippen molar-refractivity contribution in [3.8, 4) is 16.8 Å². The molecule has 0 aliphatic heterocycles. The number of nitro benzene ring substituents is 1. The molecule has 0 N–H and O–H groups in total. The van der Waals surface area contributed by atoms with Crippen LogP contribution >= 0.6 is 34.2 Å². The zero-order valence-corrected chi connectivity index (χ0v) is 18.5. The Bertz CT molecular complexity index is 1440. The summed E-state index contributed by atoms with van der Waals surface area (Å²) in [6.07, 6.45) is 0. The second-order valence-electron chi connectivity index (χ2n) is 6.93. The Kier molecular flexibility index (Phi) is 4.72. The van der Waals surface area contributed by atoms with Crippen LogP contribution in [0.25, 0.3) is 38.6 Å². The summed E-state index contributed by atoms with van der Waals surface area (Å²) in [5.41, 5.74) is 4.41. The fourth-order valence-electron chi connectivity index (χ4n) is 3.97. The van der Waals surface area contributed by atoms with Crippen LogP contribution in [0.4, 0.5) is 5.69 Å². The van der Waals surface area contributed by atoms with Gasteiger partial charge in [-0.3, -0.25) is 10.1 Å². The number of nitro groups is 1. The zero-order valence-electron chi connectivity index (χ0n) is 15.5. The molecule has 5 aromatic rings. The third-order valence-electron chi connectivity index (χ3n) is 5.23. The van der Waals surface area contributed by atoms with E-state index >= 15 is 0 Å². The molecular weight excluding hydrogens is 511 g/mol. The molecule has 5 rings (SSSR count). The van der Waals surface area contributed by atoms with Crippen LogP contribution in [0.2, 0.25) is 5.02 Å². The molecule has 6 heteroatoms. The van der Waals surface area contributed by atoms with Gasteiger partial charge in [0.05, 0.1) is 26.5 Å². The molecule has 0 unspecified atom stereocenters. The van der Waals surface area contributed by atoms with Crippen molar-refractivity contribution in [2.75, 3.05) is 0 Å². The minimum Gasteiger partial charge on any atom is -0.309 e. The molecule has 0 spiro atoms. The van der Waals surface area contributed by atoms with Gasteiger partial charge in [-0.2, -0.15) is 0 Å². The number of benzene rings is 4. The Labute approximate surface area is 191 Å². The van der Waals surface area contributed by atoms with Crippen molar-refractivity contribution in [3.63, 3.8) is 0 Å². The number of hydrogen-bond acceptors (Lipinski definition) is 2. The van der Waals surface area contributed by atoms with Crippen molar-refractivity contribution in [1.29, 1.82) is 0 Å². The zero-order chi connectivity index (χ0) is 20.8. The molecule has 4 aromatic carbocycles. The first-order valence-electron chi connectivity index (χ1n) is 9.27. The number of nitrogens with zero attached hydrogens (tertiary/aromatic N) is 2. The van der Waals surface area contributed by atoms with E-state index in [1.165, 1.54) is 6.07 Å². The summed E-state index contributed by atoms with van der Waals surface area (Å²) in [7, 11) is 0. The van der Waals surface area contributed by atoms with Crippen LogP contribution in [0.15, 0.2) is 84.9 Å². The van der Waals surface area contributed by atoms with Crippen molar-refractivity contribution in [1.82, 2.24) is 4.57 Å². The highest BCUT2D eigenvalue weighted by atomic mass is 127. The molecule has 0 radical (unpaired) electrons. The number of aromatic nitrogens is 1. The smallest absolute Gasteiger partial charge is 0.278 e. The molecular formula is C24H14ClIN2O2. The normalized spacial score (nSPS) is 11.3. The number of hydrogen-bond donors (Lipinski definition) is 0. The van der Waals surface area contributed by atoms with Crippen LogP contribution < -0.4 is 0 Å². The summed E-state index contributed by atoms with van der Waals surface area (Å²) >= 11 is 8.67. The second kappa shape index (κ2) is 7.41. The van der Waals surface area contributed by atoms with E-state index in [0.29, 0.717) is 10.6 Å². The van der Waals surface area contributed by atoms with Crippen LogP contribution in [0.1, 0.15) is 0 Å². The lowest BCUT2D eigenvalue weighted by molar-refractivity contribution is -0.384. The van der Waals surface area contributed by atoms with E-state index in [0.717, 1.165) is 36.6 Å². The average molecular weight is 525 g/mol. The fraction of sp³-hybridized carbons (Fsp3) is 0. The third-order valence-corrected chi connectivity index (χ3v) is 6.44. The van der Waals surface area contributed by atoms with Crippen molar-refractivity contribution >= 4 is 61.7 Å². The lowest BCUT2D eigenvalue weighted by Gasteiger charge is -2.11. The first-order valence-corrected chi connectivity index (χ1v) is 10.7. The van der Waals surface area contributed by atoms with Gasteiger partial charge in [0.1, 0.15) is 0 Å². The highest BCUT2D eigenvalue weighted by molar-refractivity contribution is 14.1. The minimum absolute atomic E-state index is 0.00608.